The Hall–Kier alpha value is -2.29. The lowest BCUT2D eigenvalue weighted by Crippen LogP contribution is -2.09. The Bertz CT molecular complexity index is 828. The van der Waals surface area contributed by atoms with Gasteiger partial charge in [-0.2, -0.15) is 26.3 Å². The van der Waals surface area contributed by atoms with Crippen molar-refractivity contribution < 1.29 is 35.8 Å². The first-order chi connectivity index (χ1) is 13.5. The molecule has 0 spiro atoms. The fraction of sp³-hybridized carbons (Fsp3) is 0.300. The van der Waals surface area contributed by atoms with Gasteiger partial charge in [0.15, 0.2) is 0 Å². The van der Waals surface area contributed by atoms with Gasteiger partial charge in [0, 0.05) is 10.6 Å². The predicted octanol–water partition coefficient (Wildman–Crippen LogP) is 6.85. The molecular weight excluding hydrogens is 418 g/mol. The minimum absolute atomic E-state index is 0.0293. The van der Waals surface area contributed by atoms with Gasteiger partial charge < -0.3 is 9.47 Å². The van der Waals surface area contributed by atoms with Crippen LogP contribution in [0.15, 0.2) is 59.5 Å². The first kappa shape index (κ1) is 23.0. The number of benzene rings is 2. The summed E-state index contributed by atoms with van der Waals surface area (Å²) in [4.78, 5) is 0.386. The van der Waals surface area contributed by atoms with Crippen molar-refractivity contribution in [3.63, 3.8) is 0 Å². The van der Waals surface area contributed by atoms with Crippen LogP contribution in [-0.2, 0) is 12.4 Å². The summed E-state index contributed by atoms with van der Waals surface area (Å²) in [6.45, 7) is 5.54. The number of ether oxygens (including phenoxy) is 2. The molecule has 0 fully saturated rings. The fourth-order valence-electron chi connectivity index (χ4n) is 2.25. The van der Waals surface area contributed by atoms with E-state index in [2.05, 4.69) is 6.58 Å². The minimum atomic E-state index is -4.54. The number of alkyl halides is 6. The Morgan fingerprint density at radius 3 is 2.14 bits per heavy atom. The van der Waals surface area contributed by atoms with Crippen molar-refractivity contribution in [2.45, 2.75) is 24.2 Å². The maximum absolute atomic E-state index is 13.2. The molecule has 29 heavy (non-hydrogen) atoms. The van der Waals surface area contributed by atoms with E-state index in [9.17, 15) is 26.3 Å². The molecule has 9 heteroatoms. The van der Waals surface area contributed by atoms with E-state index in [0.717, 1.165) is 30.0 Å². The smallest absolute Gasteiger partial charge is 0.420 e. The first-order valence-electron chi connectivity index (χ1n) is 8.44. The van der Waals surface area contributed by atoms with Crippen molar-refractivity contribution in [1.82, 2.24) is 0 Å². The fourth-order valence-corrected chi connectivity index (χ4v) is 3.07. The number of thioether (sulfide) groups is 1. The molecule has 0 aliphatic rings. The van der Waals surface area contributed by atoms with E-state index in [1.807, 2.05) is 0 Å². The Morgan fingerprint density at radius 2 is 1.59 bits per heavy atom. The van der Waals surface area contributed by atoms with E-state index in [1.165, 1.54) is 24.3 Å². The summed E-state index contributed by atoms with van der Waals surface area (Å²) in [6, 6.07) is 8.03. The second kappa shape index (κ2) is 9.47. The Morgan fingerprint density at radius 1 is 0.931 bits per heavy atom. The van der Waals surface area contributed by atoms with E-state index in [4.69, 9.17) is 9.47 Å². The molecule has 0 saturated carbocycles. The van der Waals surface area contributed by atoms with Crippen molar-refractivity contribution in [1.29, 1.82) is 0 Å². The molecule has 0 radical (unpaired) electrons. The van der Waals surface area contributed by atoms with Crippen LogP contribution in [0.5, 0.6) is 11.5 Å². The maximum Gasteiger partial charge on any atom is 0.420 e. The maximum atomic E-state index is 13.2. The van der Waals surface area contributed by atoms with Crippen LogP contribution in [-0.4, -0.2) is 19.0 Å². The van der Waals surface area contributed by atoms with E-state index < -0.39 is 23.5 Å². The average molecular weight is 436 g/mol. The molecule has 0 bridgehead atoms. The third-order valence-corrected chi connectivity index (χ3v) is 4.76. The van der Waals surface area contributed by atoms with Crippen molar-refractivity contribution in [2.75, 3.05) is 19.0 Å². The molecule has 2 aromatic rings. The Balaban J connectivity index is 1.92. The second-order valence-corrected chi connectivity index (χ2v) is 6.99. The van der Waals surface area contributed by atoms with Crippen LogP contribution in [0.25, 0.3) is 0 Å². The molecule has 2 rings (SSSR count). The van der Waals surface area contributed by atoms with Crippen LogP contribution in [0, 0.1) is 0 Å². The van der Waals surface area contributed by atoms with Crippen molar-refractivity contribution in [2.24, 2.45) is 0 Å². The molecule has 0 saturated heterocycles. The molecule has 0 aliphatic heterocycles. The van der Waals surface area contributed by atoms with Gasteiger partial charge in [0.05, 0.1) is 17.7 Å². The highest BCUT2D eigenvalue weighted by Gasteiger charge is 2.34. The van der Waals surface area contributed by atoms with E-state index >= 15 is 0 Å². The largest absolute Gasteiger partial charge is 0.493 e. The number of hydrogen-bond donors (Lipinski definition) is 0. The molecule has 2 nitrogen and oxygen atoms in total. The average Bonchev–Trinajstić information content (AvgIpc) is 2.64. The lowest BCUT2D eigenvalue weighted by Gasteiger charge is -2.15. The van der Waals surface area contributed by atoms with E-state index in [1.54, 1.807) is 6.92 Å². The zero-order valence-corrected chi connectivity index (χ0v) is 16.2. The quantitative estimate of drug-likeness (QED) is 0.256. The van der Waals surface area contributed by atoms with Gasteiger partial charge in [-0.3, -0.25) is 0 Å². The SMILES string of the molecule is C=C(COc1ccc(C(F)(F)F)cc1)CSc1ccc(OCC)c(C(F)(F)F)c1. The zero-order chi connectivity index (χ0) is 21.7. The molecule has 158 valence electrons. The van der Waals surface area contributed by atoms with Gasteiger partial charge in [0.25, 0.3) is 0 Å². The summed E-state index contributed by atoms with van der Waals surface area (Å²) in [5, 5.41) is 0. The number of halogens is 6. The summed E-state index contributed by atoms with van der Waals surface area (Å²) in [6.07, 6.45) is -8.96. The molecule has 0 aromatic heterocycles. The molecular formula is C20H18F6O2S. The van der Waals surface area contributed by atoms with Crippen molar-refractivity contribution in [3.8, 4) is 11.5 Å². The summed E-state index contributed by atoms with van der Waals surface area (Å²) < 4.78 is 87.5. The summed E-state index contributed by atoms with van der Waals surface area (Å²) >= 11 is 1.14. The summed E-state index contributed by atoms with van der Waals surface area (Å²) in [5.74, 6) is 0.296. The highest BCUT2D eigenvalue weighted by molar-refractivity contribution is 7.99. The van der Waals surface area contributed by atoms with Gasteiger partial charge in [-0.05, 0) is 55.0 Å². The van der Waals surface area contributed by atoms with Gasteiger partial charge in [-0.25, -0.2) is 0 Å². The third kappa shape index (κ3) is 6.92. The van der Waals surface area contributed by atoms with Crippen LogP contribution in [0.1, 0.15) is 18.1 Å². The lowest BCUT2D eigenvalue weighted by atomic mass is 10.2. The summed E-state index contributed by atoms with van der Waals surface area (Å²) in [7, 11) is 0. The molecule has 0 aliphatic carbocycles. The van der Waals surface area contributed by atoms with Crippen LogP contribution in [0.4, 0.5) is 26.3 Å². The molecule has 0 heterocycles. The van der Waals surface area contributed by atoms with Crippen LogP contribution in [0.3, 0.4) is 0 Å². The third-order valence-electron chi connectivity index (χ3n) is 3.62. The van der Waals surface area contributed by atoms with Crippen LogP contribution in [0.2, 0.25) is 0 Å². The normalized spacial score (nSPS) is 12.0. The van der Waals surface area contributed by atoms with Gasteiger partial charge >= 0.3 is 12.4 Å². The second-order valence-electron chi connectivity index (χ2n) is 5.94. The number of rotatable bonds is 8. The summed E-state index contributed by atoms with van der Waals surface area (Å²) in [5.41, 5.74) is -1.07. The van der Waals surface area contributed by atoms with Gasteiger partial charge in [0.2, 0.25) is 0 Å². The van der Waals surface area contributed by atoms with Crippen molar-refractivity contribution >= 4 is 11.8 Å². The highest BCUT2D eigenvalue weighted by Crippen LogP contribution is 2.39. The Kier molecular flexibility index (Phi) is 7.51. The zero-order valence-electron chi connectivity index (χ0n) is 15.4. The minimum Gasteiger partial charge on any atom is -0.493 e. The standard InChI is InChI=1S/C20H18F6O2S/c1-3-27-18-9-8-16(10-17(18)20(24,25)26)29-12-13(2)11-28-15-6-4-14(5-7-15)19(21,22)23/h4-10H,2-3,11-12H2,1H3. The first-order valence-corrected chi connectivity index (χ1v) is 9.43. The van der Waals surface area contributed by atoms with Gasteiger partial charge in [-0.1, -0.05) is 6.58 Å². The van der Waals surface area contributed by atoms with E-state index in [0.29, 0.717) is 10.5 Å². The topological polar surface area (TPSA) is 18.5 Å². The molecule has 0 N–H and O–H groups in total. The molecule has 0 atom stereocenters. The van der Waals surface area contributed by atoms with E-state index in [-0.39, 0.29) is 30.5 Å². The monoisotopic (exact) mass is 436 g/mol. The highest BCUT2D eigenvalue weighted by atomic mass is 32.2. The number of hydrogen-bond acceptors (Lipinski definition) is 3. The van der Waals surface area contributed by atoms with Gasteiger partial charge in [-0.15, -0.1) is 11.8 Å². The van der Waals surface area contributed by atoms with Gasteiger partial charge in [0.1, 0.15) is 18.1 Å². The van der Waals surface area contributed by atoms with Crippen LogP contribution < -0.4 is 9.47 Å². The molecule has 2 aromatic carbocycles. The predicted molar refractivity (Wildman–Crippen MR) is 99.4 cm³/mol. The molecule has 0 unspecified atom stereocenters. The Labute approximate surface area is 168 Å². The van der Waals surface area contributed by atoms with Crippen molar-refractivity contribution in [3.05, 3.63) is 65.7 Å². The van der Waals surface area contributed by atoms with Crippen LogP contribution >= 0.6 is 11.8 Å². The molecule has 0 amide bonds. The lowest BCUT2D eigenvalue weighted by molar-refractivity contribution is -0.139.